The summed E-state index contributed by atoms with van der Waals surface area (Å²) in [5, 5.41) is 7.92. The fourth-order valence-corrected chi connectivity index (χ4v) is 16.3. The Morgan fingerprint density at radius 2 is 1.21 bits per heavy atom. The van der Waals surface area contributed by atoms with Crippen molar-refractivity contribution in [2.75, 3.05) is 88.7 Å². The molecule has 2 aromatic rings. The Kier molecular flexibility index (Phi) is 28.4. The molecular weight excluding hydrogens is 1430 g/mol. The molecule has 4 aliphatic heterocycles. The monoisotopic (exact) mass is 1530 g/mol. The van der Waals surface area contributed by atoms with Crippen molar-refractivity contribution in [3.05, 3.63) is 69.7 Å². The Morgan fingerprint density at radius 3 is 1.80 bits per heavy atom. The molecule has 2 bridgehead atoms. The molecule has 8 rings (SSSR count). The Morgan fingerprint density at radius 1 is 0.617 bits per heavy atom. The predicted octanol–water partition coefficient (Wildman–Crippen LogP) is 6.09. The van der Waals surface area contributed by atoms with Gasteiger partial charge in [-0.1, -0.05) is 96.0 Å². The second-order valence-electron chi connectivity index (χ2n) is 30.6. The molecule has 10 atom stereocenters. The molecular formula is C75H105ClF6N12O13. The minimum absolute atomic E-state index is 0.0464. The van der Waals surface area contributed by atoms with Crippen LogP contribution in [0, 0.1) is 17.8 Å². The number of fused-ring (bicyclic) bond motifs is 3. The summed E-state index contributed by atoms with van der Waals surface area (Å²) in [6.07, 6.45) is -4.75. The van der Waals surface area contributed by atoms with E-state index in [9.17, 15) is 55.1 Å². The van der Waals surface area contributed by atoms with E-state index in [1.165, 1.54) is 68.9 Å². The van der Waals surface area contributed by atoms with Crippen LogP contribution in [-0.4, -0.2) is 264 Å². The van der Waals surface area contributed by atoms with Crippen LogP contribution in [0.1, 0.15) is 159 Å². The molecule has 0 radical (unpaired) electrons. The molecule has 4 heterocycles. The van der Waals surface area contributed by atoms with Gasteiger partial charge in [-0.05, 0) is 124 Å². The number of carbonyl (C=O) groups excluding carboxylic acids is 12. The fourth-order valence-electron chi connectivity index (χ4n) is 16.0. The number of morpholine rings is 1. The van der Waals surface area contributed by atoms with E-state index in [1.54, 1.807) is 18.7 Å². The van der Waals surface area contributed by atoms with Crippen molar-refractivity contribution in [2.24, 2.45) is 17.8 Å². The Balaban J connectivity index is 1.19. The van der Waals surface area contributed by atoms with Crippen molar-refractivity contribution >= 4 is 82.5 Å². The highest BCUT2D eigenvalue weighted by atomic mass is 35.5. The summed E-state index contributed by atoms with van der Waals surface area (Å²) in [4.78, 5) is 191. The van der Waals surface area contributed by atoms with E-state index in [1.807, 2.05) is 13.8 Å². The molecule has 12 amide bonds. The van der Waals surface area contributed by atoms with Crippen LogP contribution in [-0.2, 0) is 87.5 Å². The highest BCUT2D eigenvalue weighted by molar-refractivity contribution is 6.31. The standard InChI is InChI=1S/C75H105ClF6N12O13/c1-12-45(4)63-70(104)88(7)40-61(97)86(5)41-62(98)90(9)57(37-47-22-26-49(27-23-47)74(77,78)79)68(102)87(6)39-59(95)83-54(31-25-46-24-30-52(53(76)36-46)75(80,81)82)67(101)93-34-18-21-55(93)66(100)85-73(32-16-17-33-73)72(106)92(11)64(48-19-14-13-15-20-48)71(105)91(10)58(69(103)94-50-28-29-51(94)43-107-42-50)38-60(96)89(8)56(35-44(2)3)65(99)84-63/h22-24,26-27,30,36,44-45,48,50-51,54-58,63-64H,12-21,25,28-29,31-35,37-43H2,1-11H3,(H,83,95)(H,84,99)(H,85,100)/t45-,50?,51?,54-,55-,56-,57-,58-,63-,64-/m0/s1. The van der Waals surface area contributed by atoms with E-state index >= 15 is 28.8 Å². The molecule has 2 unspecified atom stereocenters. The van der Waals surface area contributed by atoms with Crippen LogP contribution in [0.4, 0.5) is 26.3 Å². The van der Waals surface area contributed by atoms with Gasteiger partial charge in [0.2, 0.25) is 70.9 Å². The lowest BCUT2D eigenvalue weighted by molar-refractivity contribution is -0.159. The average molecular weight is 1530 g/mol. The van der Waals surface area contributed by atoms with Gasteiger partial charge in [-0.15, -0.1) is 0 Å². The molecule has 2 saturated carbocycles. The summed E-state index contributed by atoms with van der Waals surface area (Å²) in [6, 6.07) is -3.70. The van der Waals surface area contributed by atoms with Crippen LogP contribution >= 0.6 is 11.6 Å². The number of likely N-dealkylation sites (N-methyl/N-ethyl adjacent to an activating group) is 7. The van der Waals surface area contributed by atoms with E-state index in [0.29, 0.717) is 57.8 Å². The Hall–Kier alpha value is -8.09. The van der Waals surface area contributed by atoms with Crippen LogP contribution in [0.2, 0.25) is 5.02 Å². The molecule has 32 heteroatoms. The van der Waals surface area contributed by atoms with Gasteiger partial charge in [0.15, 0.2) is 0 Å². The number of nitrogens with one attached hydrogen (secondary N) is 3. The summed E-state index contributed by atoms with van der Waals surface area (Å²) in [6.45, 7) is 5.32. The van der Waals surface area contributed by atoms with Gasteiger partial charge in [-0.25, -0.2) is 0 Å². The number of hydrogen-bond donors (Lipinski definition) is 3. The molecule has 6 fully saturated rings. The topological polar surface area (TPSA) is 279 Å². The lowest BCUT2D eigenvalue weighted by Crippen LogP contribution is -2.65. The molecule has 2 aromatic carbocycles. The molecule has 3 N–H and O–H groups in total. The van der Waals surface area contributed by atoms with Crippen molar-refractivity contribution in [2.45, 2.75) is 222 Å². The number of amides is 12. The molecule has 2 aliphatic carbocycles. The zero-order valence-corrected chi connectivity index (χ0v) is 63.9. The van der Waals surface area contributed by atoms with E-state index < -0.39 is 192 Å². The second kappa shape index (κ2) is 36.0. The number of carbonyl (C=O) groups is 12. The van der Waals surface area contributed by atoms with E-state index in [-0.39, 0.29) is 93.8 Å². The van der Waals surface area contributed by atoms with Gasteiger partial charge in [-0.3, -0.25) is 57.5 Å². The molecule has 0 aromatic heterocycles. The van der Waals surface area contributed by atoms with Crippen molar-refractivity contribution < 1.29 is 88.6 Å². The summed E-state index contributed by atoms with van der Waals surface area (Å²) in [5.74, 6) is -10.4. The van der Waals surface area contributed by atoms with E-state index in [0.717, 1.165) is 68.5 Å². The summed E-state index contributed by atoms with van der Waals surface area (Å²) in [7, 11) is 9.27. The molecule has 25 nitrogen and oxygen atoms in total. The minimum atomic E-state index is -4.82. The lowest BCUT2D eigenvalue weighted by atomic mass is 9.81. The molecule has 592 valence electrons. The summed E-state index contributed by atoms with van der Waals surface area (Å²) < 4.78 is 89.1. The first kappa shape index (κ1) is 84.5. The summed E-state index contributed by atoms with van der Waals surface area (Å²) in [5.41, 5.74) is -3.42. The maximum atomic E-state index is 16.0. The number of nitrogens with zero attached hydrogens (tertiary/aromatic N) is 9. The number of alkyl halides is 6. The Bertz CT molecular complexity index is 3580. The average Bonchev–Trinajstić information content (AvgIpc) is 1.71. The van der Waals surface area contributed by atoms with Gasteiger partial charge < -0.3 is 64.8 Å². The molecule has 107 heavy (non-hydrogen) atoms. The van der Waals surface area contributed by atoms with E-state index in [4.69, 9.17) is 16.3 Å². The molecule has 6 aliphatic rings. The quantitative estimate of drug-likeness (QED) is 0.215. The van der Waals surface area contributed by atoms with Crippen LogP contribution in [0.3, 0.4) is 0 Å². The first-order valence-corrected chi connectivity index (χ1v) is 37.6. The van der Waals surface area contributed by atoms with Crippen LogP contribution in [0.25, 0.3) is 0 Å². The number of halogens is 7. The second-order valence-corrected chi connectivity index (χ2v) is 31.0. The highest BCUT2D eigenvalue weighted by Gasteiger charge is 2.53. The van der Waals surface area contributed by atoms with Crippen LogP contribution in [0.15, 0.2) is 42.5 Å². The maximum absolute atomic E-state index is 16.0. The maximum Gasteiger partial charge on any atom is 0.417 e. The number of aryl methyl sites for hydroxylation is 1. The van der Waals surface area contributed by atoms with Crippen LogP contribution < -0.4 is 16.0 Å². The van der Waals surface area contributed by atoms with Crippen molar-refractivity contribution in [3.63, 3.8) is 0 Å². The van der Waals surface area contributed by atoms with Gasteiger partial charge in [0.25, 0.3) is 0 Å². The zero-order chi connectivity index (χ0) is 78.9. The van der Waals surface area contributed by atoms with Gasteiger partial charge in [0, 0.05) is 62.3 Å². The van der Waals surface area contributed by atoms with Crippen molar-refractivity contribution in [1.82, 2.24) is 60.0 Å². The van der Waals surface area contributed by atoms with Crippen molar-refractivity contribution in [3.8, 4) is 0 Å². The van der Waals surface area contributed by atoms with Gasteiger partial charge >= 0.3 is 12.4 Å². The minimum Gasteiger partial charge on any atom is -0.377 e. The lowest BCUT2D eigenvalue weighted by Gasteiger charge is -2.44. The third-order valence-corrected chi connectivity index (χ3v) is 22.9. The molecule has 4 saturated heterocycles. The number of rotatable bonds is 11. The number of benzene rings is 2. The smallest absolute Gasteiger partial charge is 0.377 e. The van der Waals surface area contributed by atoms with E-state index in [2.05, 4.69) is 16.0 Å². The summed E-state index contributed by atoms with van der Waals surface area (Å²) >= 11 is 6.14. The Labute approximate surface area is 626 Å². The first-order valence-electron chi connectivity index (χ1n) is 37.2. The molecule has 1 spiro atoms. The largest absolute Gasteiger partial charge is 0.417 e. The fraction of sp³-hybridized carbons (Fsp3) is 0.680. The third kappa shape index (κ3) is 20.2. The normalized spacial score (nSPS) is 26.9. The van der Waals surface area contributed by atoms with Gasteiger partial charge in [0.05, 0.1) is 67.5 Å². The van der Waals surface area contributed by atoms with Gasteiger partial charge in [-0.2, -0.15) is 26.3 Å². The SMILES string of the molecule is CC[C@H](C)[C@@H]1NC(=O)[C@H](CC(C)C)N(C)C(=O)C[C@@H](C(=O)N2C3CCC2COC3)N(C)C(=O)[C@H](C2CCCCC2)N(C)C(=O)C2(CCCC2)NC(=O)[C@@H]2CCCN2C(=O)[C@H](CCc2ccc(C(F)(F)F)c(Cl)c2)NC(=O)CN(C)C(=O)[C@H](Cc2ccc(C(F)(F)F)cc2)N(C)C(=O)CN(C)C(=O)CN(C)C1=O. The first-order chi connectivity index (χ1) is 50.3. The van der Waals surface area contributed by atoms with Crippen LogP contribution in [0.5, 0.6) is 0 Å². The van der Waals surface area contributed by atoms with Gasteiger partial charge in [0.1, 0.15) is 47.8 Å². The third-order valence-electron chi connectivity index (χ3n) is 22.6. The number of hydrogen-bond acceptors (Lipinski definition) is 13. The highest BCUT2D eigenvalue weighted by Crippen LogP contribution is 2.39. The predicted molar refractivity (Wildman–Crippen MR) is 382 cm³/mol. The van der Waals surface area contributed by atoms with Crippen molar-refractivity contribution in [1.29, 1.82) is 0 Å². The zero-order valence-electron chi connectivity index (χ0n) is 63.1. The number of ether oxygens (including phenoxy) is 1.